The van der Waals surface area contributed by atoms with Crippen LogP contribution in [-0.2, 0) is 7.05 Å². The molecule has 1 aromatic heterocycles. The molecular formula is C14H14BrN3O2. The highest BCUT2D eigenvalue weighted by atomic mass is 79.9. The van der Waals surface area contributed by atoms with Crippen LogP contribution >= 0.6 is 15.9 Å². The van der Waals surface area contributed by atoms with Gasteiger partial charge in [0, 0.05) is 12.6 Å². The number of nitrogens with zero attached hydrogens (tertiary/aromatic N) is 3. The van der Waals surface area contributed by atoms with E-state index in [4.69, 9.17) is 14.7 Å². The molecule has 0 aliphatic heterocycles. The van der Waals surface area contributed by atoms with Crippen molar-refractivity contribution < 1.29 is 9.47 Å². The van der Waals surface area contributed by atoms with Gasteiger partial charge in [0.15, 0.2) is 5.69 Å². The lowest BCUT2D eigenvalue weighted by Gasteiger charge is -2.13. The van der Waals surface area contributed by atoms with Crippen LogP contribution in [0, 0.1) is 18.3 Å². The van der Waals surface area contributed by atoms with Gasteiger partial charge < -0.3 is 9.47 Å². The zero-order valence-electron chi connectivity index (χ0n) is 11.7. The monoisotopic (exact) mass is 335 g/mol. The number of halogens is 1. The van der Waals surface area contributed by atoms with Gasteiger partial charge in [-0.05, 0) is 40.5 Å². The number of aromatic nitrogens is 2. The van der Waals surface area contributed by atoms with Crippen molar-refractivity contribution in [3.8, 4) is 28.8 Å². The molecule has 20 heavy (non-hydrogen) atoms. The molecule has 0 atom stereocenters. The lowest BCUT2D eigenvalue weighted by molar-refractivity contribution is 0.401. The summed E-state index contributed by atoms with van der Waals surface area (Å²) in [6.45, 7) is 1.95. The van der Waals surface area contributed by atoms with E-state index in [1.165, 1.54) is 0 Å². The first kappa shape index (κ1) is 14.4. The SMILES string of the molecule is COc1cc(-c2c(Br)c(C#N)nn2C)c(OC)cc1C. The lowest BCUT2D eigenvalue weighted by atomic mass is 10.1. The van der Waals surface area contributed by atoms with Crippen LogP contribution in [0.1, 0.15) is 11.3 Å². The zero-order valence-corrected chi connectivity index (χ0v) is 13.3. The van der Waals surface area contributed by atoms with E-state index in [-0.39, 0.29) is 0 Å². The summed E-state index contributed by atoms with van der Waals surface area (Å²) in [6.07, 6.45) is 0. The van der Waals surface area contributed by atoms with E-state index in [0.717, 1.165) is 22.6 Å². The summed E-state index contributed by atoms with van der Waals surface area (Å²) in [5.41, 5.74) is 2.91. The van der Waals surface area contributed by atoms with E-state index in [0.29, 0.717) is 15.9 Å². The fraction of sp³-hybridized carbons (Fsp3) is 0.286. The smallest absolute Gasteiger partial charge is 0.177 e. The maximum absolute atomic E-state index is 9.06. The lowest BCUT2D eigenvalue weighted by Crippen LogP contribution is -1.98. The Morgan fingerprint density at radius 3 is 2.40 bits per heavy atom. The number of methoxy groups -OCH3 is 2. The number of nitriles is 1. The summed E-state index contributed by atoms with van der Waals surface area (Å²) in [6, 6.07) is 5.84. The van der Waals surface area contributed by atoms with E-state index >= 15 is 0 Å². The molecule has 0 fully saturated rings. The highest BCUT2D eigenvalue weighted by Crippen LogP contribution is 2.39. The van der Waals surface area contributed by atoms with Gasteiger partial charge in [0.2, 0.25) is 0 Å². The average molecular weight is 336 g/mol. The van der Waals surface area contributed by atoms with Crippen molar-refractivity contribution in [2.45, 2.75) is 6.92 Å². The molecule has 0 aliphatic rings. The predicted octanol–water partition coefficient (Wildman–Crippen LogP) is 3.05. The Morgan fingerprint density at radius 1 is 1.25 bits per heavy atom. The van der Waals surface area contributed by atoms with Crippen LogP contribution in [-0.4, -0.2) is 24.0 Å². The summed E-state index contributed by atoms with van der Waals surface area (Å²) in [7, 11) is 5.02. The third-order valence-corrected chi connectivity index (χ3v) is 3.82. The molecule has 0 unspecified atom stereocenters. The van der Waals surface area contributed by atoms with Gasteiger partial charge >= 0.3 is 0 Å². The van der Waals surface area contributed by atoms with Gasteiger partial charge in [0.25, 0.3) is 0 Å². The van der Waals surface area contributed by atoms with E-state index in [1.54, 1.807) is 25.9 Å². The topological polar surface area (TPSA) is 60.1 Å². The van der Waals surface area contributed by atoms with Gasteiger partial charge in [0.1, 0.15) is 17.6 Å². The third-order valence-electron chi connectivity index (χ3n) is 3.07. The maximum Gasteiger partial charge on any atom is 0.177 e. The summed E-state index contributed by atoms with van der Waals surface area (Å²) in [5, 5.41) is 13.2. The predicted molar refractivity (Wildman–Crippen MR) is 78.9 cm³/mol. The van der Waals surface area contributed by atoms with Crippen molar-refractivity contribution in [1.29, 1.82) is 5.26 Å². The van der Waals surface area contributed by atoms with Crippen LogP contribution in [0.2, 0.25) is 0 Å². The number of ether oxygens (including phenoxy) is 2. The van der Waals surface area contributed by atoms with Crippen molar-refractivity contribution in [2.75, 3.05) is 14.2 Å². The Kier molecular flexibility index (Phi) is 4.00. The van der Waals surface area contributed by atoms with Gasteiger partial charge in [-0.25, -0.2) is 0 Å². The Labute approximate surface area is 125 Å². The molecule has 6 heteroatoms. The number of benzene rings is 1. The summed E-state index contributed by atoms with van der Waals surface area (Å²) in [5.74, 6) is 1.46. The van der Waals surface area contributed by atoms with Crippen molar-refractivity contribution in [3.05, 3.63) is 27.9 Å². The number of hydrogen-bond donors (Lipinski definition) is 0. The second-order valence-electron chi connectivity index (χ2n) is 4.27. The molecule has 0 bridgehead atoms. The summed E-state index contributed by atoms with van der Waals surface area (Å²) >= 11 is 3.43. The molecule has 0 spiro atoms. The van der Waals surface area contributed by atoms with Crippen LogP contribution in [0.4, 0.5) is 0 Å². The van der Waals surface area contributed by atoms with Crippen LogP contribution < -0.4 is 9.47 Å². The highest BCUT2D eigenvalue weighted by Gasteiger charge is 2.20. The molecule has 2 aromatic rings. The normalized spacial score (nSPS) is 10.2. The summed E-state index contributed by atoms with van der Waals surface area (Å²) < 4.78 is 13.1. The first-order valence-electron chi connectivity index (χ1n) is 5.89. The number of hydrogen-bond acceptors (Lipinski definition) is 4. The molecule has 0 saturated carbocycles. The van der Waals surface area contributed by atoms with Crippen molar-refractivity contribution >= 4 is 15.9 Å². The van der Waals surface area contributed by atoms with E-state index in [2.05, 4.69) is 27.1 Å². The van der Waals surface area contributed by atoms with Crippen molar-refractivity contribution in [2.24, 2.45) is 7.05 Å². The second kappa shape index (κ2) is 5.55. The van der Waals surface area contributed by atoms with Gasteiger partial charge in [-0.3, -0.25) is 4.68 Å². The Bertz CT molecular complexity index is 701. The number of rotatable bonds is 3. The summed E-state index contributed by atoms with van der Waals surface area (Å²) in [4.78, 5) is 0. The highest BCUT2D eigenvalue weighted by molar-refractivity contribution is 9.10. The fourth-order valence-corrected chi connectivity index (χ4v) is 2.74. The molecule has 0 saturated heterocycles. The Hall–Kier alpha value is -2.00. The van der Waals surface area contributed by atoms with Crippen LogP contribution in [0.5, 0.6) is 11.5 Å². The van der Waals surface area contributed by atoms with Gasteiger partial charge in [-0.1, -0.05) is 0 Å². The molecule has 1 aromatic carbocycles. The largest absolute Gasteiger partial charge is 0.496 e. The van der Waals surface area contributed by atoms with Gasteiger partial charge in [-0.15, -0.1) is 0 Å². The van der Waals surface area contributed by atoms with Crippen molar-refractivity contribution in [1.82, 2.24) is 9.78 Å². The van der Waals surface area contributed by atoms with Crippen LogP contribution in [0.15, 0.2) is 16.6 Å². The quantitative estimate of drug-likeness (QED) is 0.864. The van der Waals surface area contributed by atoms with E-state index in [9.17, 15) is 0 Å². The van der Waals surface area contributed by atoms with E-state index in [1.807, 2.05) is 19.1 Å². The first-order chi connectivity index (χ1) is 9.53. The Morgan fingerprint density at radius 2 is 1.90 bits per heavy atom. The number of aryl methyl sites for hydroxylation is 2. The molecule has 0 amide bonds. The van der Waals surface area contributed by atoms with E-state index < -0.39 is 0 Å². The van der Waals surface area contributed by atoms with Gasteiger partial charge in [0.05, 0.1) is 24.4 Å². The minimum atomic E-state index is 0.337. The average Bonchev–Trinajstić information content (AvgIpc) is 2.73. The zero-order chi connectivity index (χ0) is 14.9. The molecule has 0 radical (unpaired) electrons. The maximum atomic E-state index is 9.06. The van der Waals surface area contributed by atoms with Gasteiger partial charge in [-0.2, -0.15) is 10.4 Å². The Balaban J connectivity index is 2.75. The van der Waals surface area contributed by atoms with Crippen LogP contribution in [0.3, 0.4) is 0 Å². The molecular weight excluding hydrogens is 322 g/mol. The minimum Gasteiger partial charge on any atom is -0.496 e. The van der Waals surface area contributed by atoms with Crippen molar-refractivity contribution in [3.63, 3.8) is 0 Å². The first-order valence-corrected chi connectivity index (χ1v) is 6.68. The minimum absolute atomic E-state index is 0.337. The molecule has 1 heterocycles. The second-order valence-corrected chi connectivity index (χ2v) is 5.06. The molecule has 0 N–H and O–H groups in total. The van der Waals surface area contributed by atoms with Crippen LogP contribution in [0.25, 0.3) is 11.3 Å². The molecule has 5 nitrogen and oxygen atoms in total. The molecule has 2 rings (SSSR count). The fourth-order valence-electron chi connectivity index (χ4n) is 2.10. The molecule has 104 valence electrons. The standard InChI is InChI=1S/C14H14BrN3O2/c1-8-5-12(20-4)9(6-11(8)19-3)14-13(15)10(7-16)17-18(14)2/h5-6H,1-4H3. The molecule has 0 aliphatic carbocycles. The third kappa shape index (κ3) is 2.25.